The molecule has 0 saturated heterocycles. The van der Waals surface area contributed by atoms with Gasteiger partial charge in [-0.15, -0.1) is 0 Å². The maximum Gasteiger partial charge on any atom is 0.164 e. The summed E-state index contributed by atoms with van der Waals surface area (Å²) in [5.41, 5.74) is 16.3. The van der Waals surface area contributed by atoms with Gasteiger partial charge in [-0.1, -0.05) is 159 Å². The molecule has 8 aromatic rings. The fraction of sp³-hybridized carbons (Fsp3) is 0.217. The number of aromatic nitrogens is 3. The van der Waals surface area contributed by atoms with E-state index >= 15 is 0 Å². The maximum absolute atomic E-state index is 10.4. The van der Waals surface area contributed by atoms with E-state index in [0.29, 0.717) is 40.4 Å². The summed E-state index contributed by atoms with van der Waals surface area (Å²) >= 11 is 0. The van der Waals surface area contributed by atoms with Crippen LogP contribution in [0.25, 0.3) is 67.5 Å². The number of benzene rings is 7. The van der Waals surface area contributed by atoms with Gasteiger partial charge in [-0.05, 0) is 124 Å². The first-order valence-corrected chi connectivity index (χ1v) is 23.0. The van der Waals surface area contributed by atoms with Crippen molar-refractivity contribution < 1.29 is 0 Å². The Hall–Kier alpha value is -7.47. The van der Waals surface area contributed by atoms with Gasteiger partial charge in [0.25, 0.3) is 0 Å². The van der Waals surface area contributed by atoms with E-state index in [4.69, 9.17) is 15.0 Å². The molecule has 5 nitrogen and oxygen atoms in total. The normalized spacial score (nSPS) is 21.8. The van der Waals surface area contributed by atoms with Gasteiger partial charge in [-0.2, -0.15) is 10.5 Å². The molecule has 1 aromatic heterocycles. The van der Waals surface area contributed by atoms with Crippen LogP contribution in [0.1, 0.15) is 85.8 Å². The molecule has 5 aliphatic rings. The van der Waals surface area contributed by atoms with Gasteiger partial charge in [0, 0.05) is 33.2 Å². The molecule has 0 spiro atoms. The SMILES string of the molecule is CC1(C)c2ccccc2-c2ccc(-c3nc(-c4ccccc4)nc(-c4ccc(C56CC7CC(C5)CC(c5ccc(-c8cccc(-c9ccc(C#N)cc9)c8C#N)cc5)(C7)C6)cc4)n3)cc21. The molecule has 4 fully saturated rings. The number of fused-ring (bicyclic) bond motifs is 3. The highest BCUT2D eigenvalue weighted by atomic mass is 15.0. The van der Waals surface area contributed by atoms with Gasteiger partial charge in [0.1, 0.15) is 6.07 Å². The fourth-order valence-electron chi connectivity index (χ4n) is 13.0. The van der Waals surface area contributed by atoms with Crippen LogP contribution in [0.15, 0.2) is 164 Å². The highest BCUT2D eigenvalue weighted by molar-refractivity contribution is 5.84. The van der Waals surface area contributed by atoms with Crippen LogP contribution in [0.3, 0.4) is 0 Å². The molecule has 65 heavy (non-hydrogen) atoms. The average Bonchev–Trinajstić information content (AvgIpc) is 3.58. The Bertz CT molecular complexity index is 3250. The molecule has 5 aliphatic carbocycles. The lowest BCUT2D eigenvalue weighted by molar-refractivity contribution is -0.0281. The zero-order valence-corrected chi connectivity index (χ0v) is 36.7. The Morgan fingerprint density at radius 3 is 1.51 bits per heavy atom. The van der Waals surface area contributed by atoms with Crippen LogP contribution >= 0.6 is 0 Å². The summed E-state index contributed by atoms with van der Waals surface area (Å²) in [7, 11) is 0. The molecule has 0 N–H and O–H groups in total. The lowest BCUT2D eigenvalue weighted by Crippen LogP contribution is -2.55. The van der Waals surface area contributed by atoms with Crippen LogP contribution in [0.5, 0.6) is 0 Å². The van der Waals surface area contributed by atoms with Crippen molar-refractivity contribution in [2.24, 2.45) is 11.8 Å². The van der Waals surface area contributed by atoms with Crippen LogP contribution in [0, 0.1) is 34.5 Å². The summed E-state index contributed by atoms with van der Waals surface area (Å²) in [5.74, 6) is 3.45. The highest BCUT2D eigenvalue weighted by Crippen LogP contribution is 2.66. The van der Waals surface area contributed by atoms with Crippen LogP contribution in [-0.2, 0) is 16.2 Å². The molecule has 0 aliphatic heterocycles. The predicted octanol–water partition coefficient (Wildman–Crippen LogP) is 14.0. The Balaban J connectivity index is 0.861. The molecular formula is C60H47N5. The Kier molecular flexibility index (Phi) is 8.91. The quantitative estimate of drug-likeness (QED) is 0.160. The molecule has 7 aromatic carbocycles. The first-order valence-electron chi connectivity index (χ1n) is 23.0. The molecule has 5 heteroatoms. The van der Waals surface area contributed by atoms with Crippen LogP contribution in [0.4, 0.5) is 0 Å². The third-order valence-corrected chi connectivity index (χ3v) is 15.6. The zero-order valence-electron chi connectivity index (χ0n) is 36.7. The second-order valence-electron chi connectivity index (χ2n) is 19.8. The third kappa shape index (κ3) is 6.36. The molecule has 1 heterocycles. The molecule has 4 saturated carbocycles. The second-order valence-corrected chi connectivity index (χ2v) is 19.8. The number of hydrogen-bond donors (Lipinski definition) is 0. The Labute approximate surface area is 381 Å². The van der Waals surface area contributed by atoms with E-state index in [1.54, 1.807) is 0 Å². The van der Waals surface area contributed by atoms with Gasteiger partial charge in [-0.25, -0.2) is 15.0 Å². The van der Waals surface area contributed by atoms with Crippen molar-refractivity contribution in [3.63, 3.8) is 0 Å². The van der Waals surface area contributed by atoms with Crippen molar-refractivity contribution in [1.82, 2.24) is 15.0 Å². The number of hydrogen-bond acceptors (Lipinski definition) is 5. The Morgan fingerprint density at radius 2 is 0.923 bits per heavy atom. The molecule has 13 rings (SSSR count). The number of nitrogens with zero attached hydrogens (tertiary/aromatic N) is 5. The summed E-state index contributed by atoms with van der Waals surface area (Å²) < 4.78 is 0. The summed E-state index contributed by atoms with van der Waals surface area (Å²) in [4.78, 5) is 15.4. The van der Waals surface area contributed by atoms with Crippen molar-refractivity contribution in [2.45, 2.75) is 68.6 Å². The molecule has 4 bridgehead atoms. The van der Waals surface area contributed by atoms with E-state index in [0.717, 1.165) is 45.4 Å². The minimum Gasteiger partial charge on any atom is -0.208 e. The highest BCUT2D eigenvalue weighted by Gasteiger charge is 2.58. The topological polar surface area (TPSA) is 86.2 Å². The molecule has 0 amide bonds. The monoisotopic (exact) mass is 837 g/mol. The summed E-state index contributed by atoms with van der Waals surface area (Å²) in [6.45, 7) is 4.62. The smallest absolute Gasteiger partial charge is 0.164 e. The van der Waals surface area contributed by atoms with E-state index in [1.165, 1.54) is 65.5 Å². The van der Waals surface area contributed by atoms with Crippen molar-refractivity contribution in [3.05, 3.63) is 197 Å². The van der Waals surface area contributed by atoms with E-state index in [2.05, 4.69) is 135 Å². The van der Waals surface area contributed by atoms with Gasteiger partial charge in [0.15, 0.2) is 17.5 Å². The van der Waals surface area contributed by atoms with Crippen molar-refractivity contribution >= 4 is 0 Å². The van der Waals surface area contributed by atoms with Crippen molar-refractivity contribution in [3.8, 4) is 79.7 Å². The summed E-state index contributed by atoms with van der Waals surface area (Å²) in [6.07, 6.45) is 7.43. The average molecular weight is 838 g/mol. The standard InChI is InChI=1S/C60H47N5/c1-58(2)53-14-7-6-11-50(53)51-28-23-45(30-54(51)58)57-64-55(43-9-4-3-5-10-43)63-56(65-57)44-21-26-47(27-22-44)60-33-39-29-40(34-60)32-59(31-39,37-60)46-24-19-42(20-25-46)49-13-8-12-48(52(49)36-62)41-17-15-38(35-61)16-18-41/h3-28,30,39-40H,29,31-34,37H2,1-2H3. The largest absolute Gasteiger partial charge is 0.208 e. The first-order chi connectivity index (χ1) is 31.7. The summed E-state index contributed by atoms with van der Waals surface area (Å²) in [5, 5.41) is 19.7. The van der Waals surface area contributed by atoms with Gasteiger partial charge in [-0.3, -0.25) is 0 Å². The molecule has 2 unspecified atom stereocenters. The predicted molar refractivity (Wildman–Crippen MR) is 258 cm³/mol. The van der Waals surface area contributed by atoms with Crippen LogP contribution in [-0.4, -0.2) is 15.0 Å². The van der Waals surface area contributed by atoms with E-state index in [-0.39, 0.29) is 16.2 Å². The lowest BCUT2D eigenvalue weighted by Gasteiger charge is -2.63. The minimum absolute atomic E-state index is 0.124. The molecule has 312 valence electrons. The maximum atomic E-state index is 10.4. The van der Waals surface area contributed by atoms with Gasteiger partial charge >= 0.3 is 0 Å². The number of rotatable bonds is 7. The van der Waals surface area contributed by atoms with Crippen molar-refractivity contribution in [2.75, 3.05) is 0 Å². The number of nitriles is 2. The van der Waals surface area contributed by atoms with E-state index in [1.807, 2.05) is 54.6 Å². The minimum atomic E-state index is -0.126. The molecule has 2 atom stereocenters. The Morgan fingerprint density at radius 1 is 0.446 bits per heavy atom. The van der Waals surface area contributed by atoms with E-state index < -0.39 is 0 Å². The molecule has 0 radical (unpaired) electrons. The third-order valence-electron chi connectivity index (χ3n) is 15.6. The molecular weight excluding hydrogens is 791 g/mol. The van der Waals surface area contributed by atoms with Gasteiger partial charge < -0.3 is 0 Å². The first kappa shape index (κ1) is 39.1. The van der Waals surface area contributed by atoms with Gasteiger partial charge in [0.2, 0.25) is 0 Å². The lowest BCUT2D eigenvalue weighted by atomic mass is 9.41. The zero-order chi connectivity index (χ0) is 43.9. The summed E-state index contributed by atoms with van der Waals surface area (Å²) in [6, 6.07) is 62.4. The van der Waals surface area contributed by atoms with E-state index in [9.17, 15) is 10.5 Å². The second kappa shape index (κ2) is 14.8. The van der Waals surface area contributed by atoms with Crippen LogP contribution < -0.4 is 0 Å². The van der Waals surface area contributed by atoms with Crippen LogP contribution in [0.2, 0.25) is 0 Å². The fourth-order valence-corrected chi connectivity index (χ4v) is 13.0. The van der Waals surface area contributed by atoms with Crippen molar-refractivity contribution in [1.29, 1.82) is 10.5 Å². The van der Waals surface area contributed by atoms with Gasteiger partial charge in [0.05, 0.1) is 17.2 Å².